The average Bonchev–Trinajstić information content (AvgIpc) is 3.20. The minimum atomic E-state index is -0.318. The first kappa shape index (κ1) is 26.4. The lowest BCUT2D eigenvalue weighted by Gasteiger charge is -2.42. The third-order valence-electron chi connectivity index (χ3n) is 7.63. The van der Waals surface area contributed by atoms with Gasteiger partial charge in [-0.1, -0.05) is 62.2 Å². The molecule has 0 atom stereocenters. The Labute approximate surface area is 230 Å². The SMILES string of the molecule is Cc1ccc(NC(=O)Nc2ccccc2N2CC3(CCN(CC(C)(C)C)CC3)c3c(Cl)ccc(O)c32)cc1. The molecular formula is C31H37ClN4O2. The molecule has 1 saturated heterocycles. The van der Waals surface area contributed by atoms with Gasteiger partial charge in [0.1, 0.15) is 5.75 Å². The fourth-order valence-electron chi connectivity index (χ4n) is 5.95. The number of phenolic OH excluding ortho intramolecular Hbond substituents is 1. The van der Waals surface area contributed by atoms with Crippen molar-refractivity contribution in [1.29, 1.82) is 0 Å². The van der Waals surface area contributed by atoms with Gasteiger partial charge < -0.3 is 25.5 Å². The van der Waals surface area contributed by atoms with Crippen LogP contribution in [0.5, 0.6) is 5.75 Å². The van der Waals surface area contributed by atoms with Crippen molar-refractivity contribution < 1.29 is 9.90 Å². The molecule has 0 radical (unpaired) electrons. The van der Waals surface area contributed by atoms with Gasteiger partial charge >= 0.3 is 6.03 Å². The van der Waals surface area contributed by atoms with Crippen molar-refractivity contribution in [2.45, 2.75) is 46.0 Å². The van der Waals surface area contributed by atoms with Gasteiger partial charge in [-0.3, -0.25) is 0 Å². The second-order valence-corrected chi connectivity index (χ2v) is 12.4. The number of aromatic hydroxyl groups is 1. The first-order chi connectivity index (χ1) is 18.0. The Bertz CT molecular complexity index is 1320. The van der Waals surface area contributed by atoms with Gasteiger partial charge in [0.15, 0.2) is 0 Å². The predicted molar refractivity (Wildman–Crippen MR) is 157 cm³/mol. The fraction of sp³-hybridized carbons (Fsp3) is 0.387. The van der Waals surface area contributed by atoms with E-state index in [0.29, 0.717) is 17.3 Å². The average molecular weight is 533 g/mol. The number of halogens is 1. The van der Waals surface area contributed by atoms with Crippen LogP contribution in [0.25, 0.3) is 0 Å². The smallest absolute Gasteiger partial charge is 0.323 e. The van der Waals surface area contributed by atoms with Gasteiger partial charge in [-0.15, -0.1) is 0 Å². The van der Waals surface area contributed by atoms with E-state index in [9.17, 15) is 9.90 Å². The monoisotopic (exact) mass is 532 g/mol. The van der Waals surface area contributed by atoms with Crippen LogP contribution < -0.4 is 15.5 Å². The van der Waals surface area contributed by atoms with E-state index in [4.69, 9.17) is 11.6 Å². The lowest BCUT2D eigenvalue weighted by atomic mass is 9.74. The van der Waals surface area contributed by atoms with Gasteiger partial charge in [-0.25, -0.2) is 4.79 Å². The quantitative estimate of drug-likeness (QED) is 0.325. The summed E-state index contributed by atoms with van der Waals surface area (Å²) in [5.41, 5.74) is 5.20. The largest absolute Gasteiger partial charge is 0.506 e. The molecular weight excluding hydrogens is 496 g/mol. The van der Waals surface area contributed by atoms with E-state index in [1.54, 1.807) is 6.07 Å². The lowest BCUT2D eigenvalue weighted by Crippen LogP contribution is -2.47. The lowest BCUT2D eigenvalue weighted by molar-refractivity contribution is 0.125. The summed E-state index contributed by atoms with van der Waals surface area (Å²) in [5.74, 6) is 0.206. The van der Waals surface area contributed by atoms with Crippen molar-refractivity contribution in [3.8, 4) is 5.75 Å². The van der Waals surface area contributed by atoms with Crippen molar-refractivity contribution >= 4 is 40.4 Å². The van der Waals surface area contributed by atoms with Gasteiger partial charge in [-0.05, 0) is 74.7 Å². The number of carbonyl (C=O) groups excluding carboxylic acids is 1. The van der Waals surface area contributed by atoms with Crippen LogP contribution in [-0.2, 0) is 5.41 Å². The highest BCUT2D eigenvalue weighted by atomic mass is 35.5. The normalized spacial score (nSPS) is 16.9. The number of amides is 2. The molecule has 0 bridgehead atoms. The molecule has 200 valence electrons. The molecule has 7 heteroatoms. The number of nitrogens with one attached hydrogen (secondary N) is 2. The first-order valence-electron chi connectivity index (χ1n) is 13.3. The number of para-hydroxylation sites is 2. The molecule has 3 aromatic carbocycles. The number of hydrogen-bond donors (Lipinski definition) is 3. The minimum Gasteiger partial charge on any atom is -0.506 e. The summed E-state index contributed by atoms with van der Waals surface area (Å²) in [4.78, 5) is 17.6. The second-order valence-electron chi connectivity index (χ2n) is 12.0. The van der Waals surface area contributed by atoms with Crippen molar-refractivity contribution in [1.82, 2.24) is 4.90 Å². The molecule has 0 aromatic heterocycles. The van der Waals surface area contributed by atoms with E-state index < -0.39 is 0 Å². The standard InChI is InChI=1S/C31H37ClN4O2/c1-21-9-11-22(12-10-21)33-29(38)34-24-7-5-6-8-25(24)36-20-31(27-23(32)13-14-26(37)28(27)36)15-17-35(18-16-31)19-30(2,3)4/h5-14,37H,15-20H2,1-4H3,(H2,33,34,38). The molecule has 0 aliphatic carbocycles. The molecule has 6 nitrogen and oxygen atoms in total. The maximum Gasteiger partial charge on any atom is 0.323 e. The molecule has 5 rings (SSSR count). The number of rotatable bonds is 4. The number of likely N-dealkylation sites (tertiary alicyclic amines) is 1. The molecule has 2 aliphatic rings. The molecule has 3 N–H and O–H groups in total. The zero-order valence-corrected chi connectivity index (χ0v) is 23.4. The summed E-state index contributed by atoms with van der Waals surface area (Å²) in [6.45, 7) is 12.5. The van der Waals surface area contributed by atoms with Gasteiger partial charge in [0.25, 0.3) is 0 Å². The maximum absolute atomic E-state index is 12.9. The highest BCUT2D eigenvalue weighted by Crippen LogP contribution is 2.56. The van der Waals surface area contributed by atoms with Crippen molar-refractivity contribution in [3.63, 3.8) is 0 Å². The van der Waals surface area contributed by atoms with Crippen LogP contribution in [0, 0.1) is 12.3 Å². The van der Waals surface area contributed by atoms with E-state index in [1.165, 1.54) is 0 Å². The van der Waals surface area contributed by atoms with E-state index in [0.717, 1.165) is 60.7 Å². The number of anilines is 4. The van der Waals surface area contributed by atoms with Gasteiger partial charge in [0.05, 0.1) is 17.1 Å². The Hall–Kier alpha value is -3.22. The summed E-state index contributed by atoms with van der Waals surface area (Å²) < 4.78 is 0. The Morgan fingerprint density at radius 2 is 1.68 bits per heavy atom. The number of aryl methyl sites for hydroxylation is 1. The van der Waals surface area contributed by atoms with E-state index >= 15 is 0 Å². The van der Waals surface area contributed by atoms with Gasteiger partial charge in [0.2, 0.25) is 0 Å². The summed E-state index contributed by atoms with van der Waals surface area (Å²) >= 11 is 6.85. The van der Waals surface area contributed by atoms with Crippen molar-refractivity contribution in [2.75, 3.05) is 41.7 Å². The van der Waals surface area contributed by atoms with Crippen LogP contribution >= 0.6 is 11.6 Å². The number of benzene rings is 3. The number of fused-ring (bicyclic) bond motifs is 2. The number of piperidine rings is 1. The third-order valence-corrected chi connectivity index (χ3v) is 7.95. The highest BCUT2D eigenvalue weighted by Gasteiger charge is 2.48. The number of urea groups is 1. The maximum atomic E-state index is 12.9. The van der Waals surface area contributed by atoms with Gasteiger partial charge in [-0.2, -0.15) is 0 Å². The molecule has 0 saturated carbocycles. The molecule has 1 spiro atoms. The Morgan fingerprint density at radius 3 is 2.37 bits per heavy atom. The summed E-state index contributed by atoms with van der Waals surface area (Å²) in [5, 5.41) is 17.7. The number of phenols is 1. The Morgan fingerprint density at radius 1 is 1.00 bits per heavy atom. The second kappa shape index (κ2) is 10.2. The fourth-order valence-corrected chi connectivity index (χ4v) is 6.31. The third kappa shape index (κ3) is 5.33. The Balaban J connectivity index is 1.44. The summed E-state index contributed by atoms with van der Waals surface area (Å²) in [6, 6.07) is 18.6. The van der Waals surface area contributed by atoms with Crippen LogP contribution in [0.3, 0.4) is 0 Å². The molecule has 2 heterocycles. The van der Waals surface area contributed by atoms with Crippen LogP contribution in [0.1, 0.15) is 44.7 Å². The molecule has 3 aromatic rings. The van der Waals surface area contributed by atoms with Crippen LogP contribution in [0.2, 0.25) is 5.02 Å². The zero-order chi connectivity index (χ0) is 27.1. The first-order valence-corrected chi connectivity index (χ1v) is 13.7. The van der Waals surface area contributed by atoms with Crippen LogP contribution in [-0.4, -0.2) is 42.2 Å². The van der Waals surface area contributed by atoms with E-state index in [-0.39, 0.29) is 22.6 Å². The van der Waals surface area contributed by atoms with Crippen molar-refractivity contribution in [3.05, 3.63) is 76.8 Å². The number of hydrogen-bond acceptors (Lipinski definition) is 4. The molecule has 1 fully saturated rings. The van der Waals surface area contributed by atoms with Crippen molar-refractivity contribution in [2.24, 2.45) is 5.41 Å². The predicted octanol–water partition coefficient (Wildman–Crippen LogP) is 7.53. The topological polar surface area (TPSA) is 67.8 Å². The molecule has 0 unspecified atom stereocenters. The Kier molecular flexibility index (Phi) is 7.05. The number of nitrogens with zero attached hydrogens (tertiary/aromatic N) is 2. The van der Waals surface area contributed by atoms with E-state index in [1.807, 2.05) is 61.5 Å². The van der Waals surface area contributed by atoms with Crippen LogP contribution in [0.15, 0.2) is 60.7 Å². The molecule has 2 aliphatic heterocycles. The summed E-state index contributed by atoms with van der Waals surface area (Å²) in [7, 11) is 0. The minimum absolute atomic E-state index is 0.170. The molecule has 38 heavy (non-hydrogen) atoms. The van der Waals surface area contributed by atoms with E-state index in [2.05, 4.69) is 41.2 Å². The summed E-state index contributed by atoms with van der Waals surface area (Å²) in [6.07, 6.45) is 1.92. The van der Waals surface area contributed by atoms with Crippen LogP contribution in [0.4, 0.5) is 27.5 Å². The van der Waals surface area contributed by atoms with Gasteiger partial charge in [0, 0.05) is 34.8 Å². The number of carbonyl (C=O) groups is 1. The highest BCUT2D eigenvalue weighted by molar-refractivity contribution is 6.32. The zero-order valence-electron chi connectivity index (χ0n) is 22.6. The molecule has 2 amide bonds.